The van der Waals surface area contributed by atoms with Crippen molar-refractivity contribution in [1.29, 1.82) is 0 Å². The molecule has 6 heteroatoms. The molecule has 1 aliphatic rings. The SMILES string of the molecule is Clc1ccc(-n2cncn2)c(NC2CCCOC2)c1. The number of nitrogens with zero attached hydrogens (tertiary/aromatic N) is 3. The van der Waals surface area contributed by atoms with Crippen LogP contribution in [0.5, 0.6) is 0 Å². The van der Waals surface area contributed by atoms with E-state index in [-0.39, 0.29) is 0 Å². The Hall–Kier alpha value is -1.59. The van der Waals surface area contributed by atoms with Crippen LogP contribution < -0.4 is 5.32 Å². The third-order valence-electron chi connectivity index (χ3n) is 3.14. The standard InChI is InChI=1S/C13H15ClN4O/c14-10-3-4-13(18-9-15-8-16-18)12(6-10)17-11-2-1-5-19-7-11/h3-4,6,8-9,11,17H,1-2,5,7H2. The molecular formula is C13H15ClN4O. The van der Waals surface area contributed by atoms with E-state index >= 15 is 0 Å². The topological polar surface area (TPSA) is 52.0 Å². The molecule has 1 N–H and O–H groups in total. The summed E-state index contributed by atoms with van der Waals surface area (Å²) in [6.07, 6.45) is 5.37. The van der Waals surface area contributed by atoms with Gasteiger partial charge in [-0.2, -0.15) is 5.10 Å². The summed E-state index contributed by atoms with van der Waals surface area (Å²) in [5.74, 6) is 0. The van der Waals surface area contributed by atoms with Crippen LogP contribution in [0.15, 0.2) is 30.9 Å². The maximum absolute atomic E-state index is 6.08. The van der Waals surface area contributed by atoms with Crippen LogP contribution in [-0.4, -0.2) is 34.0 Å². The highest BCUT2D eigenvalue weighted by Gasteiger charge is 2.16. The second-order valence-electron chi connectivity index (χ2n) is 4.56. The molecule has 5 nitrogen and oxygen atoms in total. The minimum Gasteiger partial charge on any atom is -0.379 e. The molecule has 1 aromatic carbocycles. The van der Waals surface area contributed by atoms with Crippen LogP contribution in [0.3, 0.4) is 0 Å². The van der Waals surface area contributed by atoms with Gasteiger partial charge in [0.05, 0.1) is 18.0 Å². The molecule has 1 atom stereocenters. The number of hydrogen-bond acceptors (Lipinski definition) is 4. The second-order valence-corrected chi connectivity index (χ2v) is 5.00. The van der Waals surface area contributed by atoms with E-state index in [0.717, 1.165) is 37.4 Å². The predicted octanol–water partition coefficient (Wildman–Crippen LogP) is 2.51. The van der Waals surface area contributed by atoms with Gasteiger partial charge in [-0.3, -0.25) is 0 Å². The van der Waals surface area contributed by atoms with E-state index in [2.05, 4.69) is 15.4 Å². The molecule has 2 aromatic rings. The largest absolute Gasteiger partial charge is 0.379 e. The molecule has 1 unspecified atom stereocenters. The molecule has 1 aliphatic heterocycles. The summed E-state index contributed by atoms with van der Waals surface area (Å²) in [5, 5.41) is 8.34. The van der Waals surface area contributed by atoms with E-state index in [4.69, 9.17) is 16.3 Å². The summed E-state index contributed by atoms with van der Waals surface area (Å²) in [5.41, 5.74) is 1.89. The van der Waals surface area contributed by atoms with Gasteiger partial charge < -0.3 is 10.1 Å². The average molecular weight is 279 g/mol. The van der Waals surface area contributed by atoms with E-state index in [1.165, 1.54) is 6.33 Å². The summed E-state index contributed by atoms with van der Waals surface area (Å²) in [4.78, 5) is 3.98. The zero-order valence-corrected chi connectivity index (χ0v) is 11.2. The molecular weight excluding hydrogens is 264 g/mol. The molecule has 0 bridgehead atoms. The molecule has 19 heavy (non-hydrogen) atoms. The Kier molecular flexibility index (Phi) is 3.66. The number of halogens is 1. The number of rotatable bonds is 3. The van der Waals surface area contributed by atoms with Crippen molar-refractivity contribution in [2.75, 3.05) is 18.5 Å². The fourth-order valence-corrected chi connectivity index (χ4v) is 2.40. The van der Waals surface area contributed by atoms with Crippen LogP contribution in [-0.2, 0) is 4.74 Å². The van der Waals surface area contributed by atoms with E-state index in [1.54, 1.807) is 11.0 Å². The fraction of sp³-hybridized carbons (Fsp3) is 0.385. The predicted molar refractivity (Wildman–Crippen MR) is 73.8 cm³/mol. The molecule has 3 rings (SSSR count). The normalized spacial score (nSPS) is 19.3. The zero-order chi connectivity index (χ0) is 13.1. The van der Waals surface area contributed by atoms with Gasteiger partial charge in [0.15, 0.2) is 0 Å². The molecule has 1 saturated heterocycles. The van der Waals surface area contributed by atoms with Gasteiger partial charge in [0.1, 0.15) is 12.7 Å². The van der Waals surface area contributed by atoms with Crippen molar-refractivity contribution in [3.05, 3.63) is 35.9 Å². The highest BCUT2D eigenvalue weighted by molar-refractivity contribution is 6.31. The van der Waals surface area contributed by atoms with Gasteiger partial charge in [0.25, 0.3) is 0 Å². The maximum atomic E-state index is 6.08. The van der Waals surface area contributed by atoms with Gasteiger partial charge in [-0.05, 0) is 31.0 Å². The number of hydrogen-bond donors (Lipinski definition) is 1. The lowest BCUT2D eigenvalue weighted by Gasteiger charge is -2.25. The van der Waals surface area contributed by atoms with Crippen LogP contribution in [0, 0.1) is 0 Å². The van der Waals surface area contributed by atoms with Crippen molar-refractivity contribution < 1.29 is 4.74 Å². The van der Waals surface area contributed by atoms with Crippen LogP contribution >= 0.6 is 11.6 Å². The van der Waals surface area contributed by atoms with E-state index in [0.29, 0.717) is 11.1 Å². The van der Waals surface area contributed by atoms with Crippen LogP contribution in [0.1, 0.15) is 12.8 Å². The lowest BCUT2D eigenvalue weighted by molar-refractivity contribution is 0.0876. The Morgan fingerprint density at radius 1 is 1.42 bits per heavy atom. The van der Waals surface area contributed by atoms with E-state index in [9.17, 15) is 0 Å². The lowest BCUT2D eigenvalue weighted by Crippen LogP contribution is -2.30. The monoisotopic (exact) mass is 278 g/mol. The summed E-state index contributed by atoms with van der Waals surface area (Å²) in [6, 6.07) is 6.01. The number of ether oxygens (including phenoxy) is 1. The van der Waals surface area contributed by atoms with Gasteiger partial charge in [-0.1, -0.05) is 11.6 Å². The number of benzene rings is 1. The number of nitrogens with one attached hydrogen (secondary N) is 1. The Balaban J connectivity index is 1.88. The maximum Gasteiger partial charge on any atom is 0.138 e. The highest BCUT2D eigenvalue weighted by atomic mass is 35.5. The first-order valence-electron chi connectivity index (χ1n) is 6.32. The second kappa shape index (κ2) is 5.59. The van der Waals surface area contributed by atoms with Crippen molar-refractivity contribution in [1.82, 2.24) is 14.8 Å². The van der Waals surface area contributed by atoms with Crippen molar-refractivity contribution >= 4 is 17.3 Å². The number of anilines is 1. The van der Waals surface area contributed by atoms with Crippen LogP contribution in [0.25, 0.3) is 5.69 Å². The minimum absolute atomic E-state index is 0.314. The summed E-state index contributed by atoms with van der Waals surface area (Å²) >= 11 is 6.08. The third-order valence-corrected chi connectivity index (χ3v) is 3.38. The Bertz CT molecular complexity index is 538. The fourth-order valence-electron chi connectivity index (χ4n) is 2.23. The smallest absolute Gasteiger partial charge is 0.138 e. The first-order valence-corrected chi connectivity index (χ1v) is 6.69. The van der Waals surface area contributed by atoms with Crippen molar-refractivity contribution in [3.63, 3.8) is 0 Å². The van der Waals surface area contributed by atoms with Crippen LogP contribution in [0.4, 0.5) is 5.69 Å². The molecule has 1 aromatic heterocycles. The van der Waals surface area contributed by atoms with Crippen molar-refractivity contribution in [3.8, 4) is 5.69 Å². The van der Waals surface area contributed by atoms with Gasteiger partial charge >= 0.3 is 0 Å². The molecule has 0 saturated carbocycles. The summed E-state index contributed by atoms with van der Waals surface area (Å²) < 4.78 is 7.21. The molecule has 0 spiro atoms. The first-order chi connectivity index (χ1) is 9.33. The van der Waals surface area contributed by atoms with E-state index in [1.807, 2.05) is 18.2 Å². The van der Waals surface area contributed by atoms with Gasteiger partial charge in [0, 0.05) is 17.7 Å². The average Bonchev–Trinajstić information content (AvgIpc) is 2.94. The molecule has 2 heterocycles. The van der Waals surface area contributed by atoms with Crippen molar-refractivity contribution in [2.45, 2.75) is 18.9 Å². The Morgan fingerprint density at radius 3 is 3.11 bits per heavy atom. The third kappa shape index (κ3) is 2.88. The quantitative estimate of drug-likeness (QED) is 0.937. The van der Waals surface area contributed by atoms with Gasteiger partial charge in [0.2, 0.25) is 0 Å². The van der Waals surface area contributed by atoms with Crippen LogP contribution in [0.2, 0.25) is 5.02 Å². The van der Waals surface area contributed by atoms with Gasteiger partial charge in [-0.15, -0.1) is 0 Å². The summed E-state index contributed by atoms with van der Waals surface area (Å²) in [7, 11) is 0. The highest BCUT2D eigenvalue weighted by Crippen LogP contribution is 2.25. The van der Waals surface area contributed by atoms with Gasteiger partial charge in [-0.25, -0.2) is 9.67 Å². The van der Waals surface area contributed by atoms with E-state index < -0.39 is 0 Å². The molecule has 0 amide bonds. The Morgan fingerprint density at radius 2 is 2.37 bits per heavy atom. The zero-order valence-electron chi connectivity index (χ0n) is 10.4. The lowest BCUT2D eigenvalue weighted by atomic mass is 10.1. The van der Waals surface area contributed by atoms with Crippen molar-refractivity contribution in [2.24, 2.45) is 0 Å². The first kappa shape index (κ1) is 12.4. The molecule has 0 aliphatic carbocycles. The molecule has 1 fully saturated rings. The number of aromatic nitrogens is 3. The Labute approximate surface area is 116 Å². The molecule has 0 radical (unpaired) electrons. The molecule has 100 valence electrons. The summed E-state index contributed by atoms with van der Waals surface area (Å²) in [6.45, 7) is 1.58. The minimum atomic E-state index is 0.314.